The Hall–Kier alpha value is -1.29. The van der Waals surface area contributed by atoms with Gasteiger partial charge in [-0.3, -0.25) is 4.79 Å². The van der Waals surface area contributed by atoms with Gasteiger partial charge in [-0.25, -0.2) is 0 Å². The van der Waals surface area contributed by atoms with Gasteiger partial charge in [-0.05, 0) is 33.4 Å². The summed E-state index contributed by atoms with van der Waals surface area (Å²) in [5.74, 6) is 1.04. The smallest absolute Gasteiger partial charge is 0.287 e. The van der Waals surface area contributed by atoms with Crippen LogP contribution in [0.4, 0.5) is 0 Å². The molecule has 0 aliphatic rings. The SMILES string of the molecule is CCN[C@H](C)CNC(=O)c1oc(C)cc1C. The van der Waals surface area contributed by atoms with Crippen LogP contribution in [0.2, 0.25) is 0 Å². The molecule has 0 radical (unpaired) electrons. The zero-order chi connectivity index (χ0) is 12.1. The normalized spacial score (nSPS) is 12.5. The average Bonchev–Trinajstić information content (AvgIpc) is 2.55. The second-order valence-corrected chi connectivity index (χ2v) is 4.04. The number of hydrogen-bond acceptors (Lipinski definition) is 3. The van der Waals surface area contributed by atoms with Crippen molar-refractivity contribution in [3.05, 3.63) is 23.2 Å². The van der Waals surface area contributed by atoms with Gasteiger partial charge in [0.1, 0.15) is 5.76 Å². The van der Waals surface area contributed by atoms with E-state index in [2.05, 4.69) is 10.6 Å². The highest BCUT2D eigenvalue weighted by Crippen LogP contribution is 2.13. The first kappa shape index (κ1) is 12.8. The number of rotatable bonds is 5. The second-order valence-electron chi connectivity index (χ2n) is 4.04. The average molecular weight is 224 g/mol. The number of furan rings is 1. The van der Waals surface area contributed by atoms with Gasteiger partial charge in [0.2, 0.25) is 0 Å². The molecule has 1 aromatic rings. The van der Waals surface area contributed by atoms with Crippen LogP contribution in [0.3, 0.4) is 0 Å². The Kier molecular flexibility index (Phi) is 4.55. The van der Waals surface area contributed by atoms with Crippen LogP contribution < -0.4 is 10.6 Å². The van der Waals surface area contributed by atoms with Gasteiger partial charge in [0.15, 0.2) is 5.76 Å². The van der Waals surface area contributed by atoms with Crippen molar-refractivity contribution >= 4 is 5.91 Å². The highest BCUT2D eigenvalue weighted by Gasteiger charge is 2.14. The van der Waals surface area contributed by atoms with Gasteiger partial charge in [-0.15, -0.1) is 0 Å². The zero-order valence-corrected chi connectivity index (χ0v) is 10.4. The third-order valence-corrected chi connectivity index (χ3v) is 2.37. The number of nitrogens with one attached hydrogen (secondary N) is 2. The first-order valence-electron chi connectivity index (χ1n) is 5.63. The lowest BCUT2D eigenvalue weighted by atomic mass is 10.2. The lowest BCUT2D eigenvalue weighted by Gasteiger charge is -2.12. The van der Waals surface area contributed by atoms with Crippen LogP contribution in [0.5, 0.6) is 0 Å². The van der Waals surface area contributed by atoms with E-state index in [1.54, 1.807) is 0 Å². The molecular weight excluding hydrogens is 204 g/mol. The molecule has 1 atom stereocenters. The first-order chi connectivity index (χ1) is 7.54. The van der Waals surface area contributed by atoms with Gasteiger partial charge in [0.25, 0.3) is 5.91 Å². The molecule has 0 spiro atoms. The van der Waals surface area contributed by atoms with E-state index < -0.39 is 0 Å². The number of carbonyl (C=O) groups is 1. The first-order valence-corrected chi connectivity index (χ1v) is 5.63. The summed E-state index contributed by atoms with van der Waals surface area (Å²) < 4.78 is 5.34. The van der Waals surface area contributed by atoms with Gasteiger partial charge in [-0.1, -0.05) is 6.92 Å². The molecule has 0 aliphatic carbocycles. The van der Waals surface area contributed by atoms with E-state index >= 15 is 0 Å². The summed E-state index contributed by atoms with van der Waals surface area (Å²) in [4.78, 5) is 11.8. The van der Waals surface area contributed by atoms with Crippen LogP contribution >= 0.6 is 0 Å². The van der Waals surface area contributed by atoms with E-state index in [0.717, 1.165) is 17.9 Å². The van der Waals surface area contributed by atoms with Gasteiger partial charge in [0.05, 0.1) is 0 Å². The van der Waals surface area contributed by atoms with Crippen molar-refractivity contribution in [2.45, 2.75) is 33.7 Å². The fourth-order valence-electron chi connectivity index (χ4n) is 1.61. The summed E-state index contributed by atoms with van der Waals surface area (Å²) >= 11 is 0. The highest BCUT2D eigenvalue weighted by atomic mass is 16.3. The predicted octanol–water partition coefficient (Wildman–Crippen LogP) is 1.62. The molecule has 90 valence electrons. The molecule has 16 heavy (non-hydrogen) atoms. The molecule has 0 unspecified atom stereocenters. The monoisotopic (exact) mass is 224 g/mol. The summed E-state index contributed by atoms with van der Waals surface area (Å²) in [5.41, 5.74) is 0.881. The van der Waals surface area contributed by atoms with Crippen LogP contribution in [0.15, 0.2) is 10.5 Å². The lowest BCUT2D eigenvalue weighted by molar-refractivity contribution is 0.0920. The number of carbonyl (C=O) groups excluding carboxylic acids is 1. The maximum absolute atomic E-state index is 11.8. The predicted molar refractivity (Wildman–Crippen MR) is 63.7 cm³/mol. The van der Waals surface area contributed by atoms with Crippen molar-refractivity contribution in [3.63, 3.8) is 0 Å². The van der Waals surface area contributed by atoms with Gasteiger partial charge in [-0.2, -0.15) is 0 Å². The Balaban J connectivity index is 2.50. The third-order valence-electron chi connectivity index (χ3n) is 2.37. The van der Waals surface area contributed by atoms with E-state index in [1.165, 1.54) is 0 Å². The topological polar surface area (TPSA) is 54.3 Å². The van der Waals surface area contributed by atoms with Crippen LogP contribution in [0, 0.1) is 13.8 Å². The van der Waals surface area contributed by atoms with Crippen LogP contribution in [0.1, 0.15) is 35.7 Å². The van der Waals surface area contributed by atoms with Crippen LogP contribution in [-0.2, 0) is 0 Å². The molecule has 0 bridgehead atoms. The largest absolute Gasteiger partial charge is 0.456 e. The van der Waals surface area contributed by atoms with Crippen molar-refractivity contribution in [1.29, 1.82) is 0 Å². The Morgan fingerprint density at radius 3 is 2.69 bits per heavy atom. The minimum absolute atomic E-state index is 0.143. The quantitative estimate of drug-likeness (QED) is 0.799. The van der Waals surface area contributed by atoms with Crippen molar-refractivity contribution in [1.82, 2.24) is 10.6 Å². The van der Waals surface area contributed by atoms with E-state index in [4.69, 9.17) is 4.42 Å². The molecule has 1 aromatic heterocycles. The zero-order valence-electron chi connectivity index (χ0n) is 10.4. The molecule has 0 saturated carbocycles. The molecular formula is C12H20N2O2. The van der Waals surface area contributed by atoms with Crippen LogP contribution in [0.25, 0.3) is 0 Å². The van der Waals surface area contributed by atoms with Crippen molar-refractivity contribution < 1.29 is 9.21 Å². The molecule has 4 nitrogen and oxygen atoms in total. The second kappa shape index (κ2) is 5.70. The molecule has 2 N–H and O–H groups in total. The highest BCUT2D eigenvalue weighted by molar-refractivity contribution is 5.92. The summed E-state index contributed by atoms with van der Waals surface area (Å²) in [7, 11) is 0. The molecule has 4 heteroatoms. The Bertz CT molecular complexity index is 358. The Labute approximate surface area is 96.4 Å². The van der Waals surface area contributed by atoms with Crippen molar-refractivity contribution in [2.24, 2.45) is 0 Å². The van der Waals surface area contributed by atoms with Gasteiger partial charge >= 0.3 is 0 Å². The molecule has 1 amide bonds. The number of hydrogen-bond donors (Lipinski definition) is 2. The maximum atomic E-state index is 11.8. The third kappa shape index (κ3) is 3.38. The lowest BCUT2D eigenvalue weighted by Crippen LogP contribution is -2.38. The number of amides is 1. The molecule has 1 rings (SSSR count). The fraction of sp³-hybridized carbons (Fsp3) is 0.583. The Morgan fingerprint density at radius 2 is 2.19 bits per heavy atom. The Morgan fingerprint density at radius 1 is 1.50 bits per heavy atom. The van der Waals surface area contributed by atoms with E-state index in [-0.39, 0.29) is 11.9 Å². The van der Waals surface area contributed by atoms with Crippen LogP contribution in [-0.4, -0.2) is 25.0 Å². The molecule has 1 heterocycles. The van der Waals surface area contributed by atoms with Gasteiger partial charge < -0.3 is 15.1 Å². The van der Waals surface area contributed by atoms with Gasteiger partial charge in [0, 0.05) is 18.2 Å². The standard InChI is InChI=1S/C12H20N2O2/c1-5-13-9(3)7-14-12(15)11-8(2)6-10(4)16-11/h6,9,13H,5,7H2,1-4H3,(H,14,15)/t9-/m1/s1. The summed E-state index contributed by atoms with van der Waals surface area (Å²) in [5, 5.41) is 6.07. The number of likely N-dealkylation sites (N-methyl/N-ethyl adjacent to an activating group) is 1. The van der Waals surface area contributed by atoms with E-state index in [0.29, 0.717) is 12.3 Å². The molecule has 0 aromatic carbocycles. The minimum atomic E-state index is -0.143. The molecule has 0 saturated heterocycles. The summed E-state index contributed by atoms with van der Waals surface area (Å²) in [6.07, 6.45) is 0. The van der Waals surface area contributed by atoms with E-state index in [1.807, 2.05) is 33.8 Å². The molecule has 0 aliphatic heterocycles. The summed E-state index contributed by atoms with van der Waals surface area (Å²) in [6.45, 7) is 9.29. The van der Waals surface area contributed by atoms with Crippen molar-refractivity contribution in [3.8, 4) is 0 Å². The maximum Gasteiger partial charge on any atom is 0.287 e. The fourth-order valence-corrected chi connectivity index (χ4v) is 1.61. The van der Waals surface area contributed by atoms with Crippen molar-refractivity contribution in [2.75, 3.05) is 13.1 Å². The minimum Gasteiger partial charge on any atom is -0.456 e. The summed E-state index contributed by atoms with van der Waals surface area (Å²) in [6, 6.07) is 2.13. The molecule has 0 fully saturated rings. The van der Waals surface area contributed by atoms with E-state index in [9.17, 15) is 4.79 Å². The number of aryl methyl sites for hydroxylation is 2.